The fourth-order valence-corrected chi connectivity index (χ4v) is 8.36. The van der Waals surface area contributed by atoms with E-state index in [1.807, 2.05) is 12.1 Å². The maximum Gasteiger partial charge on any atom is 0.160 e. The first-order valence-corrected chi connectivity index (χ1v) is 17.8. The molecule has 10 aromatic carbocycles. The van der Waals surface area contributed by atoms with Crippen molar-refractivity contribution in [1.82, 2.24) is 9.97 Å². The Morgan fingerprint density at radius 3 is 1.27 bits per heavy atom. The van der Waals surface area contributed by atoms with Gasteiger partial charge in [0.1, 0.15) is 0 Å². The maximum absolute atomic E-state index is 5.32. The summed E-state index contributed by atoms with van der Waals surface area (Å²) in [5.41, 5.74) is 7.27. The number of aromatic nitrogens is 2. The van der Waals surface area contributed by atoms with Gasteiger partial charge < -0.3 is 0 Å². The summed E-state index contributed by atoms with van der Waals surface area (Å²) >= 11 is 0. The van der Waals surface area contributed by atoms with Gasteiger partial charge in [-0.05, 0) is 94.0 Å². The third kappa shape index (κ3) is 4.44. The molecule has 1 aromatic heterocycles. The van der Waals surface area contributed by atoms with Crippen LogP contribution in [0.2, 0.25) is 0 Å². The van der Waals surface area contributed by atoms with Gasteiger partial charge in [-0.15, -0.1) is 0 Å². The van der Waals surface area contributed by atoms with Crippen LogP contribution in [0.15, 0.2) is 182 Å². The van der Waals surface area contributed by atoms with Crippen LogP contribution in [-0.4, -0.2) is 9.97 Å². The average molecular weight is 659 g/mol. The van der Waals surface area contributed by atoms with Crippen LogP contribution < -0.4 is 0 Å². The van der Waals surface area contributed by atoms with Crippen molar-refractivity contribution in [2.24, 2.45) is 0 Å². The predicted octanol–water partition coefficient (Wildman–Crippen LogP) is 13.5. The van der Waals surface area contributed by atoms with Crippen LogP contribution in [0.3, 0.4) is 0 Å². The Balaban J connectivity index is 1.23. The van der Waals surface area contributed by atoms with E-state index < -0.39 is 0 Å². The summed E-state index contributed by atoms with van der Waals surface area (Å²) in [5, 5.41) is 15.2. The zero-order valence-electron chi connectivity index (χ0n) is 28.2. The molecule has 2 nitrogen and oxygen atoms in total. The average Bonchev–Trinajstić information content (AvgIpc) is 3.22. The van der Waals surface area contributed by atoms with Gasteiger partial charge in [-0.25, -0.2) is 9.97 Å². The molecule has 0 radical (unpaired) electrons. The van der Waals surface area contributed by atoms with Gasteiger partial charge in [0.25, 0.3) is 0 Å². The summed E-state index contributed by atoms with van der Waals surface area (Å²) in [7, 11) is 0. The van der Waals surface area contributed by atoms with Crippen LogP contribution in [0.5, 0.6) is 0 Å². The van der Waals surface area contributed by atoms with Crippen LogP contribution >= 0.6 is 0 Å². The van der Waals surface area contributed by atoms with Crippen LogP contribution in [0.25, 0.3) is 110 Å². The Bertz CT molecular complexity index is 3140. The number of nitrogens with zero attached hydrogens (tertiary/aromatic N) is 2. The van der Waals surface area contributed by atoms with Gasteiger partial charge in [-0.2, -0.15) is 0 Å². The second kappa shape index (κ2) is 11.3. The molecule has 0 aliphatic heterocycles. The first-order valence-electron chi connectivity index (χ1n) is 17.8. The van der Waals surface area contributed by atoms with Gasteiger partial charge in [0.2, 0.25) is 0 Å². The number of hydrogen-bond donors (Lipinski definition) is 0. The fraction of sp³-hybridized carbons (Fsp3) is 0. The molecule has 52 heavy (non-hydrogen) atoms. The first-order chi connectivity index (χ1) is 25.8. The molecule has 0 spiro atoms. The van der Waals surface area contributed by atoms with Crippen molar-refractivity contribution in [3.63, 3.8) is 0 Å². The lowest BCUT2D eigenvalue weighted by molar-refractivity contribution is 1.18. The summed E-state index contributed by atoms with van der Waals surface area (Å²) in [6, 6.07) is 65.7. The van der Waals surface area contributed by atoms with E-state index in [1.54, 1.807) is 0 Å². The Morgan fingerprint density at radius 1 is 0.250 bits per heavy atom. The highest BCUT2D eigenvalue weighted by Gasteiger charge is 2.18. The molecule has 11 aromatic rings. The minimum Gasteiger partial charge on any atom is -0.228 e. The van der Waals surface area contributed by atoms with Crippen LogP contribution in [-0.2, 0) is 0 Å². The molecule has 0 bridgehead atoms. The van der Waals surface area contributed by atoms with E-state index in [1.165, 1.54) is 75.8 Å². The van der Waals surface area contributed by atoms with Crippen molar-refractivity contribution < 1.29 is 0 Å². The van der Waals surface area contributed by atoms with Crippen molar-refractivity contribution in [3.8, 4) is 45.0 Å². The van der Waals surface area contributed by atoms with Crippen molar-refractivity contribution in [3.05, 3.63) is 182 Å². The van der Waals surface area contributed by atoms with Crippen LogP contribution in [0.1, 0.15) is 0 Å². The van der Waals surface area contributed by atoms with Crippen LogP contribution in [0, 0.1) is 0 Å². The van der Waals surface area contributed by atoms with E-state index in [2.05, 4.69) is 170 Å². The van der Waals surface area contributed by atoms with Crippen molar-refractivity contribution in [2.75, 3.05) is 0 Å². The number of benzene rings is 9. The van der Waals surface area contributed by atoms with E-state index in [0.29, 0.717) is 5.82 Å². The summed E-state index contributed by atoms with van der Waals surface area (Å²) in [5.74, 6) is 0.709. The van der Waals surface area contributed by atoms with Gasteiger partial charge in [0, 0.05) is 16.7 Å². The Morgan fingerprint density at radius 2 is 0.692 bits per heavy atom. The third-order valence-electron chi connectivity index (χ3n) is 10.8. The normalized spacial score (nSPS) is 11.8. The highest BCUT2D eigenvalue weighted by Crippen LogP contribution is 2.44. The molecule has 2 heteroatoms. The monoisotopic (exact) mass is 658 g/mol. The minimum atomic E-state index is 0.709. The zero-order valence-corrected chi connectivity index (χ0v) is 28.2. The number of rotatable bonds is 4. The van der Waals surface area contributed by atoms with Gasteiger partial charge in [-0.1, -0.05) is 164 Å². The van der Waals surface area contributed by atoms with Crippen molar-refractivity contribution in [2.45, 2.75) is 0 Å². The molecule has 0 aliphatic rings. The molecule has 0 amide bonds. The van der Waals surface area contributed by atoms with E-state index in [0.717, 1.165) is 28.1 Å². The second-order valence-corrected chi connectivity index (χ2v) is 13.7. The van der Waals surface area contributed by atoms with Crippen LogP contribution in [0.4, 0.5) is 0 Å². The summed E-state index contributed by atoms with van der Waals surface area (Å²) in [6.07, 6.45) is 0. The Hall–Kier alpha value is -6.90. The van der Waals surface area contributed by atoms with Gasteiger partial charge in [0.15, 0.2) is 5.82 Å². The first kappa shape index (κ1) is 28.9. The lowest BCUT2D eigenvalue weighted by atomic mass is 9.87. The van der Waals surface area contributed by atoms with Gasteiger partial charge in [0.05, 0.1) is 11.4 Å². The molecule has 11 rings (SSSR count). The molecule has 0 aliphatic carbocycles. The molecule has 240 valence electrons. The third-order valence-corrected chi connectivity index (χ3v) is 10.8. The van der Waals surface area contributed by atoms with Crippen molar-refractivity contribution in [1.29, 1.82) is 0 Å². The molecular formula is C50H30N2. The summed E-state index contributed by atoms with van der Waals surface area (Å²) in [6.45, 7) is 0. The highest BCUT2D eigenvalue weighted by molar-refractivity contribution is 6.37. The van der Waals surface area contributed by atoms with E-state index >= 15 is 0 Å². The maximum atomic E-state index is 5.32. The summed E-state index contributed by atoms with van der Waals surface area (Å²) in [4.78, 5) is 10.5. The molecular weight excluding hydrogens is 629 g/mol. The molecule has 0 unspecified atom stereocenters. The molecule has 0 saturated carbocycles. The van der Waals surface area contributed by atoms with E-state index in [4.69, 9.17) is 9.97 Å². The van der Waals surface area contributed by atoms with E-state index in [9.17, 15) is 0 Å². The zero-order chi connectivity index (χ0) is 34.2. The van der Waals surface area contributed by atoms with Gasteiger partial charge >= 0.3 is 0 Å². The number of fused-ring (bicyclic) bond motifs is 2. The molecule has 0 atom stereocenters. The quantitative estimate of drug-likeness (QED) is 0.176. The fourth-order valence-electron chi connectivity index (χ4n) is 8.36. The SMILES string of the molecule is c1ccc(-c2ccc(-c3nc(-c4ccccc4)cc(-c4cc5ccc6cccc7c8cccc9ccc%10cccc(c(c4)c5c67)c%10c98)n3)cc2)cc1. The molecule has 0 fully saturated rings. The highest BCUT2D eigenvalue weighted by atomic mass is 14.9. The molecule has 0 N–H and O–H groups in total. The molecule has 0 saturated heterocycles. The molecule has 1 heterocycles. The topological polar surface area (TPSA) is 25.8 Å². The minimum absolute atomic E-state index is 0.709. The second-order valence-electron chi connectivity index (χ2n) is 13.7. The Labute approximate surface area is 300 Å². The lowest BCUT2D eigenvalue weighted by Crippen LogP contribution is -1.96. The standard InChI is InChI=1S/C50H30N2/c1-3-10-31(11-4-1)32-20-25-37(26-21-32)50-51-44(33-12-5-2-6-13-33)30-45(52-50)39-28-38-27-24-36-15-8-18-41-40-17-7-14-34-22-23-35-16-9-19-42(48(35)46(34)40)43(29-39)49(38)47(36)41/h1-30H. The predicted molar refractivity (Wildman–Crippen MR) is 220 cm³/mol. The van der Waals surface area contributed by atoms with Gasteiger partial charge in [-0.3, -0.25) is 0 Å². The Kier molecular flexibility index (Phi) is 6.28. The smallest absolute Gasteiger partial charge is 0.160 e. The lowest BCUT2D eigenvalue weighted by Gasteiger charge is -2.17. The largest absolute Gasteiger partial charge is 0.228 e. The van der Waals surface area contributed by atoms with Crippen molar-refractivity contribution >= 4 is 64.6 Å². The number of hydrogen-bond acceptors (Lipinski definition) is 2. The summed E-state index contributed by atoms with van der Waals surface area (Å²) < 4.78 is 0. The van der Waals surface area contributed by atoms with E-state index in [-0.39, 0.29) is 0 Å².